The molecule has 2 heterocycles. The van der Waals surface area contributed by atoms with Gasteiger partial charge in [-0.3, -0.25) is 4.40 Å². The first-order valence-electron chi connectivity index (χ1n) is 7.91. The van der Waals surface area contributed by atoms with Gasteiger partial charge in [0.2, 0.25) is 0 Å². The van der Waals surface area contributed by atoms with Gasteiger partial charge in [-0.25, -0.2) is 4.98 Å². The van der Waals surface area contributed by atoms with Crippen molar-refractivity contribution in [1.29, 1.82) is 0 Å². The van der Waals surface area contributed by atoms with Crippen molar-refractivity contribution in [3.8, 4) is 0 Å². The van der Waals surface area contributed by atoms with Crippen molar-refractivity contribution in [3.05, 3.63) is 23.5 Å². The van der Waals surface area contributed by atoms with Gasteiger partial charge in [0.1, 0.15) is 0 Å². The van der Waals surface area contributed by atoms with E-state index in [2.05, 4.69) is 34.5 Å². The first-order valence-corrected chi connectivity index (χ1v) is 8.79. The summed E-state index contributed by atoms with van der Waals surface area (Å²) in [4.78, 5) is 5.81. The molecule has 3 rings (SSSR count). The van der Waals surface area contributed by atoms with Crippen LogP contribution in [0.3, 0.4) is 0 Å². The number of fused-ring (bicyclic) bond motifs is 1. The topological polar surface area (TPSA) is 38.6 Å². The van der Waals surface area contributed by atoms with Gasteiger partial charge in [0.25, 0.3) is 0 Å². The smallest absolute Gasteiger partial charge is 0.193 e. The SMILES string of the molecule is CNC(Cc1cn2ccsc2n1)C1(OC)CCCCCC1. The van der Waals surface area contributed by atoms with Crippen LogP contribution in [0.15, 0.2) is 17.8 Å². The Morgan fingerprint density at radius 1 is 1.38 bits per heavy atom. The van der Waals surface area contributed by atoms with E-state index in [9.17, 15) is 0 Å². The number of thiazole rings is 1. The summed E-state index contributed by atoms with van der Waals surface area (Å²) >= 11 is 1.69. The molecule has 1 aliphatic rings. The second-order valence-corrected chi connectivity index (χ2v) is 6.93. The molecule has 0 saturated heterocycles. The van der Waals surface area contributed by atoms with Crippen molar-refractivity contribution in [3.63, 3.8) is 0 Å². The summed E-state index contributed by atoms with van der Waals surface area (Å²) < 4.78 is 8.16. The van der Waals surface area contributed by atoms with E-state index in [0.717, 1.165) is 29.9 Å². The van der Waals surface area contributed by atoms with Crippen LogP contribution in [0.5, 0.6) is 0 Å². The van der Waals surface area contributed by atoms with E-state index in [1.165, 1.54) is 25.7 Å². The van der Waals surface area contributed by atoms with Crippen molar-refractivity contribution in [2.75, 3.05) is 14.2 Å². The molecular formula is C16H25N3OS. The van der Waals surface area contributed by atoms with Gasteiger partial charge in [-0.2, -0.15) is 0 Å². The van der Waals surface area contributed by atoms with E-state index in [1.807, 2.05) is 7.11 Å². The third-order valence-corrected chi connectivity index (χ3v) is 5.67. The zero-order chi connectivity index (χ0) is 14.7. The Bertz CT molecular complexity index is 540. The summed E-state index contributed by atoms with van der Waals surface area (Å²) in [6, 6.07) is 0.324. The number of nitrogens with zero attached hydrogens (tertiary/aromatic N) is 2. The zero-order valence-corrected chi connectivity index (χ0v) is 13.8. The molecule has 0 radical (unpaired) electrons. The van der Waals surface area contributed by atoms with Crippen molar-refractivity contribution in [2.45, 2.75) is 56.6 Å². The molecule has 0 spiro atoms. The highest BCUT2D eigenvalue weighted by molar-refractivity contribution is 7.15. The van der Waals surface area contributed by atoms with Crippen LogP contribution in [0.4, 0.5) is 0 Å². The van der Waals surface area contributed by atoms with Gasteiger partial charge in [-0.05, 0) is 19.9 Å². The lowest BCUT2D eigenvalue weighted by molar-refractivity contribution is -0.0511. The van der Waals surface area contributed by atoms with Crippen LogP contribution in [0.25, 0.3) is 4.96 Å². The molecule has 1 atom stereocenters. The van der Waals surface area contributed by atoms with Crippen molar-refractivity contribution >= 4 is 16.3 Å². The number of hydrogen-bond donors (Lipinski definition) is 1. The first-order chi connectivity index (χ1) is 10.3. The lowest BCUT2D eigenvalue weighted by Crippen LogP contribution is -2.52. The second-order valence-electron chi connectivity index (χ2n) is 6.05. The highest BCUT2D eigenvalue weighted by Crippen LogP contribution is 2.34. The molecule has 0 aliphatic heterocycles. The summed E-state index contributed by atoms with van der Waals surface area (Å²) in [5.41, 5.74) is 1.12. The Hall–Kier alpha value is -0.910. The summed E-state index contributed by atoms with van der Waals surface area (Å²) in [7, 11) is 3.93. The normalized spacial score (nSPS) is 20.5. The quantitative estimate of drug-likeness (QED) is 0.862. The highest BCUT2D eigenvalue weighted by atomic mass is 32.1. The monoisotopic (exact) mass is 307 g/mol. The molecule has 21 heavy (non-hydrogen) atoms. The fraction of sp³-hybridized carbons (Fsp3) is 0.688. The minimum absolute atomic E-state index is 0.0394. The van der Waals surface area contributed by atoms with Crippen LogP contribution in [0.2, 0.25) is 0 Å². The summed E-state index contributed by atoms with van der Waals surface area (Å²) in [5.74, 6) is 0. The minimum Gasteiger partial charge on any atom is -0.377 e. The molecule has 0 aromatic carbocycles. The highest BCUT2D eigenvalue weighted by Gasteiger charge is 2.38. The van der Waals surface area contributed by atoms with Gasteiger partial charge in [0.15, 0.2) is 4.96 Å². The number of methoxy groups -OCH3 is 1. The summed E-state index contributed by atoms with van der Waals surface area (Å²) in [6.07, 6.45) is 12.7. The Morgan fingerprint density at radius 2 is 2.14 bits per heavy atom. The van der Waals surface area contributed by atoms with Gasteiger partial charge >= 0.3 is 0 Å². The van der Waals surface area contributed by atoms with Crippen molar-refractivity contribution < 1.29 is 4.74 Å². The standard InChI is InChI=1S/C16H25N3OS/c1-17-14(16(20-2)7-5-3-4-6-8-16)11-13-12-19-9-10-21-15(19)18-13/h9-10,12,14,17H,3-8,11H2,1-2H3. The summed E-state index contributed by atoms with van der Waals surface area (Å²) in [6.45, 7) is 0. The van der Waals surface area contributed by atoms with Gasteiger partial charge in [-0.1, -0.05) is 25.7 Å². The second kappa shape index (κ2) is 6.46. The fourth-order valence-electron chi connectivity index (χ4n) is 3.66. The van der Waals surface area contributed by atoms with Gasteiger partial charge < -0.3 is 10.1 Å². The predicted molar refractivity (Wildman–Crippen MR) is 87.1 cm³/mol. The van der Waals surface area contributed by atoms with E-state index in [4.69, 9.17) is 9.72 Å². The Balaban J connectivity index is 1.80. The molecule has 116 valence electrons. The number of aromatic nitrogens is 2. The lowest BCUT2D eigenvalue weighted by atomic mass is 9.83. The molecule has 4 nitrogen and oxygen atoms in total. The molecule has 1 fully saturated rings. The largest absolute Gasteiger partial charge is 0.377 e. The maximum atomic E-state index is 6.05. The lowest BCUT2D eigenvalue weighted by Gasteiger charge is -2.39. The molecule has 2 aromatic heterocycles. The molecule has 0 bridgehead atoms. The van der Waals surface area contributed by atoms with Crippen LogP contribution in [-0.2, 0) is 11.2 Å². The van der Waals surface area contributed by atoms with E-state index in [1.54, 1.807) is 11.3 Å². The third kappa shape index (κ3) is 3.00. The van der Waals surface area contributed by atoms with E-state index in [-0.39, 0.29) is 5.60 Å². The molecule has 0 amide bonds. The number of nitrogens with one attached hydrogen (secondary N) is 1. The number of ether oxygens (including phenoxy) is 1. The Kier molecular flexibility index (Phi) is 4.62. The van der Waals surface area contributed by atoms with E-state index >= 15 is 0 Å². The molecule has 5 heteroatoms. The van der Waals surface area contributed by atoms with E-state index < -0.39 is 0 Å². The minimum atomic E-state index is -0.0394. The van der Waals surface area contributed by atoms with Crippen LogP contribution in [0.1, 0.15) is 44.2 Å². The van der Waals surface area contributed by atoms with Crippen molar-refractivity contribution in [1.82, 2.24) is 14.7 Å². The van der Waals surface area contributed by atoms with Crippen LogP contribution in [0, 0.1) is 0 Å². The van der Waals surface area contributed by atoms with Gasteiger partial charge in [0, 0.05) is 37.3 Å². The molecule has 1 saturated carbocycles. The Labute approximate surface area is 130 Å². The van der Waals surface area contributed by atoms with Gasteiger partial charge in [-0.15, -0.1) is 11.3 Å². The van der Waals surface area contributed by atoms with Gasteiger partial charge in [0.05, 0.1) is 11.3 Å². The maximum absolute atomic E-state index is 6.05. The zero-order valence-electron chi connectivity index (χ0n) is 13.0. The molecule has 1 N–H and O–H groups in total. The molecule has 1 aliphatic carbocycles. The number of likely N-dealkylation sites (N-methyl/N-ethyl adjacent to an activating group) is 1. The number of imidazole rings is 1. The Morgan fingerprint density at radius 3 is 2.76 bits per heavy atom. The fourth-order valence-corrected chi connectivity index (χ4v) is 4.38. The molecule has 2 aromatic rings. The average Bonchev–Trinajstić information content (AvgIpc) is 2.98. The van der Waals surface area contributed by atoms with Crippen molar-refractivity contribution in [2.24, 2.45) is 0 Å². The number of hydrogen-bond acceptors (Lipinski definition) is 4. The van der Waals surface area contributed by atoms with Crippen LogP contribution < -0.4 is 5.32 Å². The molecular weight excluding hydrogens is 282 g/mol. The third-order valence-electron chi connectivity index (χ3n) is 4.90. The number of rotatable bonds is 5. The predicted octanol–water partition coefficient (Wildman–Crippen LogP) is 3.27. The van der Waals surface area contributed by atoms with Crippen LogP contribution >= 0.6 is 11.3 Å². The summed E-state index contributed by atoms with van der Waals surface area (Å²) in [5, 5.41) is 5.58. The van der Waals surface area contributed by atoms with E-state index in [0.29, 0.717) is 6.04 Å². The first kappa shape index (κ1) is 15.0. The average molecular weight is 307 g/mol. The molecule has 1 unspecified atom stereocenters. The maximum Gasteiger partial charge on any atom is 0.193 e. The van der Waals surface area contributed by atoms with Crippen LogP contribution in [-0.4, -0.2) is 35.2 Å².